The van der Waals surface area contributed by atoms with Crippen molar-refractivity contribution in [1.29, 1.82) is 0 Å². The minimum absolute atomic E-state index is 0.0121. The zero-order valence-corrected chi connectivity index (χ0v) is 15.5. The lowest BCUT2D eigenvalue weighted by Crippen LogP contribution is -2.30. The summed E-state index contributed by atoms with van der Waals surface area (Å²) in [6.07, 6.45) is 1.54. The summed E-state index contributed by atoms with van der Waals surface area (Å²) < 4.78 is 33.4. The van der Waals surface area contributed by atoms with Gasteiger partial charge in [0.25, 0.3) is 0 Å². The minimum Gasteiger partial charge on any atom is -0.379 e. The van der Waals surface area contributed by atoms with Gasteiger partial charge < -0.3 is 18.9 Å². The largest absolute Gasteiger partial charge is 0.405 e. The molecule has 7 nitrogen and oxygen atoms in total. The molecule has 0 aromatic carbocycles. The molecule has 8 heteroatoms. The Hall–Kier alpha value is 0.150. The predicted octanol–water partition coefficient (Wildman–Crippen LogP) is 1.79. The Morgan fingerprint density at radius 1 is 0.913 bits per heavy atom. The maximum Gasteiger partial charge on any atom is 0.405 e. The molecular weight excluding hydrogens is 323 g/mol. The van der Waals surface area contributed by atoms with Gasteiger partial charge in [-0.25, -0.2) is 0 Å². The quantitative estimate of drug-likeness (QED) is 0.667. The summed E-state index contributed by atoms with van der Waals surface area (Å²) in [5, 5.41) is 0. The van der Waals surface area contributed by atoms with Gasteiger partial charge in [-0.2, -0.15) is 13.9 Å². The fourth-order valence-corrected chi connectivity index (χ4v) is 4.01. The van der Waals surface area contributed by atoms with Gasteiger partial charge in [-0.3, -0.25) is 0 Å². The molecule has 2 heterocycles. The van der Waals surface area contributed by atoms with Crippen LogP contribution in [-0.4, -0.2) is 75.6 Å². The highest BCUT2D eigenvalue weighted by Gasteiger charge is 2.42. The summed E-state index contributed by atoms with van der Waals surface area (Å²) in [7, 11) is 0.386. The molecule has 0 radical (unpaired) electrons. The van der Waals surface area contributed by atoms with E-state index in [1.807, 2.05) is 13.8 Å². The van der Waals surface area contributed by atoms with Crippen LogP contribution in [0.4, 0.5) is 0 Å². The Morgan fingerprint density at radius 2 is 1.30 bits per heavy atom. The van der Waals surface area contributed by atoms with Crippen molar-refractivity contribution in [2.45, 2.75) is 63.3 Å². The van der Waals surface area contributed by atoms with Crippen LogP contribution in [-0.2, 0) is 28.0 Å². The topological polar surface area (TPSA) is 75.6 Å². The highest BCUT2D eigenvalue weighted by Crippen LogP contribution is 2.53. The van der Waals surface area contributed by atoms with Gasteiger partial charge in [-0.1, -0.05) is 0 Å². The Morgan fingerprint density at radius 3 is 1.65 bits per heavy atom. The lowest BCUT2D eigenvalue weighted by molar-refractivity contribution is -0.0416. The molecule has 7 atom stereocenters. The van der Waals surface area contributed by atoms with Crippen molar-refractivity contribution in [3.05, 3.63) is 0 Å². The predicted molar refractivity (Wildman–Crippen MR) is 86.5 cm³/mol. The lowest BCUT2D eigenvalue weighted by atomic mass is 10.1. The fraction of sp³-hybridized carbons (Fsp3) is 1.00. The molecule has 0 aliphatic carbocycles. The van der Waals surface area contributed by atoms with Crippen LogP contribution in [0.5, 0.6) is 0 Å². The Kier molecular flexibility index (Phi) is 7.19. The van der Waals surface area contributed by atoms with E-state index in [0.717, 1.165) is 12.8 Å². The zero-order valence-electron chi connectivity index (χ0n) is 14.6. The second-order valence-electron chi connectivity index (χ2n) is 6.38. The van der Waals surface area contributed by atoms with E-state index in [4.69, 9.17) is 28.0 Å². The number of hydrogen-bond acceptors (Lipinski definition) is 7. The first-order chi connectivity index (χ1) is 10.8. The molecule has 5 unspecified atom stereocenters. The zero-order chi connectivity index (χ0) is 17.0. The highest BCUT2D eigenvalue weighted by molar-refractivity contribution is 7.59. The second-order valence-corrected chi connectivity index (χ2v) is 8.51. The molecule has 0 aromatic heterocycles. The van der Waals surface area contributed by atoms with E-state index in [-0.39, 0.29) is 49.8 Å². The van der Waals surface area contributed by atoms with Crippen molar-refractivity contribution in [2.75, 3.05) is 34.1 Å². The third-order valence-corrected chi connectivity index (χ3v) is 5.59. The number of hydrogen-bond donors (Lipinski definition) is 1. The third kappa shape index (κ3) is 5.58. The van der Waals surface area contributed by atoms with E-state index in [1.54, 1.807) is 20.9 Å². The molecule has 0 spiro atoms. The molecule has 1 N–H and O–H groups in total. The Balaban J connectivity index is 1.76. The van der Waals surface area contributed by atoms with Crippen LogP contribution in [0.2, 0.25) is 0 Å². The number of methoxy groups -OCH3 is 2. The van der Waals surface area contributed by atoms with E-state index >= 15 is 0 Å². The lowest BCUT2D eigenvalue weighted by Gasteiger charge is -2.21. The van der Waals surface area contributed by atoms with E-state index in [9.17, 15) is 4.89 Å². The SMILES string of the molecule is COC1CC(C)OC1CO[P+](C)(O)OC[C@H]1O[C@@H](C)CC1OC. The van der Waals surface area contributed by atoms with Crippen LogP contribution in [0.15, 0.2) is 0 Å². The van der Waals surface area contributed by atoms with Gasteiger partial charge in [0, 0.05) is 27.1 Å². The van der Waals surface area contributed by atoms with Crippen LogP contribution in [0.1, 0.15) is 26.7 Å². The van der Waals surface area contributed by atoms with Crippen LogP contribution in [0, 0.1) is 0 Å². The highest BCUT2D eigenvalue weighted by atomic mass is 31.2. The van der Waals surface area contributed by atoms with Crippen molar-refractivity contribution in [3.8, 4) is 0 Å². The summed E-state index contributed by atoms with van der Waals surface area (Å²) in [6, 6.07) is 0. The van der Waals surface area contributed by atoms with E-state index in [1.165, 1.54) is 0 Å². The number of ether oxygens (including phenoxy) is 4. The van der Waals surface area contributed by atoms with Crippen molar-refractivity contribution < 1.29 is 32.9 Å². The summed E-state index contributed by atoms with van der Waals surface area (Å²) in [5.74, 6) is 0. The molecule has 0 aromatic rings. The van der Waals surface area contributed by atoms with Gasteiger partial charge in [0.15, 0.2) is 0 Å². The standard InChI is InChI=1S/C15H30O7P/c1-10-6-12(17-3)14(21-10)8-19-23(5,16)20-9-15-13(18-4)7-11(2)22-15/h10-16H,6-9H2,1-5H3/q+1/t10-,11?,12?,13?,14+,15?,23?/m0/s1. The third-order valence-electron chi connectivity index (χ3n) is 4.33. The molecule has 2 aliphatic rings. The normalized spacial score (nSPS) is 40.4. The van der Waals surface area contributed by atoms with Crippen LogP contribution >= 0.6 is 7.94 Å². The van der Waals surface area contributed by atoms with Gasteiger partial charge in [-0.05, 0) is 13.8 Å². The first-order valence-corrected chi connectivity index (χ1v) is 10.1. The average Bonchev–Trinajstić information content (AvgIpc) is 3.05. The van der Waals surface area contributed by atoms with Crippen LogP contribution in [0.25, 0.3) is 0 Å². The monoisotopic (exact) mass is 353 g/mol. The van der Waals surface area contributed by atoms with E-state index in [0.29, 0.717) is 0 Å². The van der Waals surface area contributed by atoms with Gasteiger partial charge >= 0.3 is 7.94 Å². The molecule has 2 saturated heterocycles. The van der Waals surface area contributed by atoms with Crippen molar-refractivity contribution in [2.24, 2.45) is 0 Å². The Bertz CT molecular complexity index is 336. The van der Waals surface area contributed by atoms with Gasteiger partial charge in [0.05, 0.1) is 24.4 Å². The molecule has 136 valence electrons. The maximum atomic E-state index is 10.4. The summed E-state index contributed by atoms with van der Waals surface area (Å²) >= 11 is 0. The molecular formula is C15H30O7P+. The average molecular weight is 353 g/mol. The van der Waals surface area contributed by atoms with Gasteiger partial charge in [-0.15, -0.1) is 0 Å². The van der Waals surface area contributed by atoms with Crippen molar-refractivity contribution in [3.63, 3.8) is 0 Å². The summed E-state index contributed by atoms with van der Waals surface area (Å²) in [5.41, 5.74) is 0. The molecule has 2 fully saturated rings. The smallest absolute Gasteiger partial charge is 0.379 e. The van der Waals surface area contributed by atoms with E-state index < -0.39 is 7.94 Å². The summed E-state index contributed by atoms with van der Waals surface area (Å²) in [4.78, 5) is 10.4. The van der Waals surface area contributed by atoms with Gasteiger partial charge in [0.1, 0.15) is 32.1 Å². The molecule has 2 aliphatic heterocycles. The fourth-order valence-electron chi connectivity index (χ4n) is 3.09. The molecule has 2 rings (SSSR count). The second kappa shape index (κ2) is 8.50. The maximum absolute atomic E-state index is 10.4. The molecule has 0 saturated carbocycles. The van der Waals surface area contributed by atoms with E-state index in [2.05, 4.69) is 0 Å². The minimum atomic E-state index is -2.93. The first kappa shape index (κ1) is 19.5. The van der Waals surface area contributed by atoms with Crippen LogP contribution < -0.4 is 0 Å². The van der Waals surface area contributed by atoms with Crippen molar-refractivity contribution in [1.82, 2.24) is 0 Å². The first-order valence-electron chi connectivity index (χ1n) is 8.09. The Labute approximate surface area is 139 Å². The summed E-state index contributed by atoms with van der Waals surface area (Å²) in [6.45, 7) is 6.07. The molecule has 0 amide bonds. The molecule has 23 heavy (non-hydrogen) atoms. The van der Waals surface area contributed by atoms with Crippen LogP contribution in [0.3, 0.4) is 0 Å². The van der Waals surface area contributed by atoms with Gasteiger partial charge in [0.2, 0.25) is 0 Å². The molecule has 0 bridgehead atoms. The number of rotatable bonds is 8. The van der Waals surface area contributed by atoms with Crippen molar-refractivity contribution >= 4 is 7.94 Å².